The minimum atomic E-state index is -5.29. The molecule has 0 radical (unpaired) electrons. The van der Waals surface area contributed by atoms with Gasteiger partial charge in [0, 0.05) is 23.6 Å². The second-order valence-electron chi connectivity index (χ2n) is 7.08. The van der Waals surface area contributed by atoms with Crippen LogP contribution in [-0.4, -0.2) is 34.0 Å². The predicted octanol–water partition coefficient (Wildman–Crippen LogP) is 4.71. The van der Waals surface area contributed by atoms with Crippen LogP contribution in [0.15, 0.2) is 22.9 Å². The number of thiophene rings is 1. The molecule has 0 saturated heterocycles. The lowest BCUT2D eigenvalue weighted by atomic mass is 10.1. The predicted molar refractivity (Wildman–Crippen MR) is 113 cm³/mol. The minimum absolute atomic E-state index is 0.109. The number of aromatic nitrogens is 1. The van der Waals surface area contributed by atoms with Gasteiger partial charge in [0.05, 0.1) is 12.1 Å². The number of carbonyl (C=O) groups excluding carboxylic acids is 2. The number of thiazole rings is 1. The van der Waals surface area contributed by atoms with E-state index in [2.05, 4.69) is 10.3 Å². The fourth-order valence-electron chi connectivity index (χ4n) is 3.24. The van der Waals surface area contributed by atoms with Gasteiger partial charge in [-0.1, -0.05) is 0 Å². The van der Waals surface area contributed by atoms with Crippen LogP contribution in [0.3, 0.4) is 0 Å². The van der Waals surface area contributed by atoms with E-state index in [-0.39, 0.29) is 21.9 Å². The Kier molecular flexibility index (Phi) is 6.05. The number of carbonyl (C=O) groups is 2. The first-order valence-corrected chi connectivity index (χ1v) is 11.0. The van der Waals surface area contributed by atoms with Gasteiger partial charge in [-0.2, -0.15) is 13.2 Å². The zero-order valence-corrected chi connectivity index (χ0v) is 18.4. The van der Waals surface area contributed by atoms with Gasteiger partial charge >= 0.3 is 12.2 Å². The average molecular weight is 519 g/mol. The molecule has 180 valence electrons. The van der Waals surface area contributed by atoms with Crippen LogP contribution in [0, 0.1) is 16.8 Å². The Morgan fingerprint density at radius 3 is 2.68 bits per heavy atom. The Morgan fingerprint density at radius 1 is 1.29 bits per heavy atom. The van der Waals surface area contributed by atoms with Crippen molar-refractivity contribution in [2.45, 2.75) is 18.8 Å². The van der Waals surface area contributed by atoms with Gasteiger partial charge in [0.1, 0.15) is 22.2 Å². The number of aliphatic hydroxyl groups excluding tert-OH is 1. The van der Waals surface area contributed by atoms with Crippen molar-refractivity contribution in [3.05, 3.63) is 56.4 Å². The monoisotopic (exact) mass is 519 g/mol. The fraction of sp³-hybridized carbons (Fsp3) is 0.211. The summed E-state index contributed by atoms with van der Waals surface area (Å²) in [6.45, 7) is 0. The van der Waals surface area contributed by atoms with Crippen molar-refractivity contribution in [3.8, 4) is 11.3 Å². The first kappa shape index (κ1) is 24.0. The van der Waals surface area contributed by atoms with E-state index < -0.39 is 58.7 Å². The number of hydrogen-bond donors (Lipinski definition) is 2. The normalized spacial score (nSPS) is 15.8. The Bertz CT molecular complexity index is 1290. The SMILES string of the molecule is CN1C(=O)Nc2scc(CC(=O)N([O-])c3nc(-c4ccc(F)c(C(F)(F)F)c4F)cs3)c2C1O. The van der Waals surface area contributed by atoms with Gasteiger partial charge in [-0.05, 0) is 23.1 Å². The van der Waals surface area contributed by atoms with Crippen LogP contribution >= 0.6 is 22.7 Å². The molecule has 34 heavy (non-hydrogen) atoms. The zero-order valence-electron chi connectivity index (χ0n) is 16.8. The third kappa shape index (κ3) is 4.11. The number of hydrogen-bond acceptors (Lipinski definition) is 7. The van der Waals surface area contributed by atoms with E-state index in [1.165, 1.54) is 12.4 Å². The molecule has 8 nitrogen and oxygen atoms in total. The summed E-state index contributed by atoms with van der Waals surface area (Å²) in [5, 5.41) is 27.6. The van der Waals surface area contributed by atoms with E-state index in [1.807, 2.05) is 0 Å². The van der Waals surface area contributed by atoms with Gasteiger partial charge < -0.3 is 15.4 Å². The van der Waals surface area contributed by atoms with Crippen LogP contribution in [0.2, 0.25) is 0 Å². The number of halogens is 5. The van der Waals surface area contributed by atoms with Crippen molar-refractivity contribution in [2.75, 3.05) is 17.4 Å². The summed E-state index contributed by atoms with van der Waals surface area (Å²) >= 11 is 1.63. The number of hydroxylamine groups is 1. The number of urea groups is 1. The highest BCUT2D eigenvalue weighted by molar-refractivity contribution is 7.15. The summed E-state index contributed by atoms with van der Waals surface area (Å²) in [4.78, 5) is 29.0. The Labute approximate surface area is 195 Å². The number of alkyl halides is 3. The summed E-state index contributed by atoms with van der Waals surface area (Å²) in [6.07, 6.45) is -7.11. The van der Waals surface area contributed by atoms with E-state index >= 15 is 0 Å². The number of fused-ring (bicyclic) bond motifs is 1. The van der Waals surface area contributed by atoms with Gasteiger partial charge in [0.25, 0.3) is 0 Å². The minimum Gasteiger partial charge on any atom is -0.750 e. The maximum atomic E-state index is 14.4. The van der Waals surface area contributed by atoms with Crippen LogP contribution < -0.4 is 10.4 Å². The van der Waals surface area contributed by atoms with E-state index in [4.69, 9.17) is 0 Å². The molecule has 0 saturated carbocycles. The van der Waals surface area contributed by atoms with Crippen molar-refractivity contribution in [1.29, 1.82) is 0 Å². The quantitative estimate of drug-likeness (QED) is 0.383. The largest absolute Gasteiger partial charge is 0.750 e. The fourth-order valence-corrected chi connectivity index (χ4v) is 4.97. The van der Waals surface area contributed by atoms with Crippen molar-refractivity contribution >= 4 is 44.7 Å². The van der Waals surface area contributed by atoms with Crippen LogP contribution in [0.1, 0.15) is 22.9 Å². The summed E-state index contributed by atoms with van der Waals surface area (Å²) in [6, 6.07) is 0.628. The molecule has 4 rings (SSSR count). The van der Waals surface area contributed by atoms with Crippen LogP contribution in [0.25, 0.3) is 11.3 Å². The number of benzene rings is 1. The molecule has 1 aromatic carbocycles. The molecule has 1 atom stereocenters. The topological polar surface area (TPSA) is 109 Å². The van der Waals surface area contributed by atoms with Gasteiger partial charge in [-0.3, -0.25) is 15.0 Å². The molecular formula is C19H12F5N4O4S2-. The molecule has 2 N–H and O–H groups in total. The highest BCUT2D eigenvalue weighted by Gasteiger charge is 2.39. The summed E-state index contributed by atoms with van der Waals surface area (Å²) < 4.78 is 66.8. The third-order valence-corrected chi connectivity index (χ3v) is 6.73. The Hall–Kier alpha value is -3.14. The lowest BCUT2D eigenvalue weighted by Gasteiger charge is -2.30. The van der Waals surface area contributed by atoms with Crippen LogP contribution in [-0.2, 0) is 17.4 Å². The number of aliphatic hydroxyl groups is 1. The second kappa shape index (κ2) is 8.57. The van der Waals surface area contributed by atoms with Crippen molar-refractivity contribution in [3.63, 3.8) is 0 Å². The standard InChI is InChI=1S/C19H12F5N4O4S2/c1-27-16(30)12-7(5-33-15(12)26-17(27)31)4-11(29)28(32)18-25-10(6-34-18)8-2-3-9(20)13(14(8)21)19(22,23)24/h2-3,5-6,16,30H,4H2,1H3,(H,26,31)/q-1. The maximum Gasteiger partial charge on any atom is 0.422 e. The number of amides is 3. The smallest absolute Gasteiger partial charge is 0.422 e. The Balaban J connectivity index is 1.57. The summed E-state index contributed by atoms with van der Waals surface area (Å²) in [5.41, 5.74) is -2.63. The van der Waals surface area contributed by atoms with Crippen molar-refractivity contribution < 1.29 is 36.6 Å². The molecule has 3 amide bonds. The summed E-state index contributed by atoms with van der Waals surface area (Å²) in [5.74, 6) is -4.71. The molecule has 0 aliphatic carbocycles. The third-order valence-electron chi connectivity index (χ3n) is 4.96. The highest BCUT2D eigenvalue weighted by Crippen LogP contribution is 2.40. The van der Waals surface area contributed by atoms with E-state index in [1.54, 1.807) is 0 Å². The van der Waals surface area contributed by atoms with Gasteiger partial charge in [0.15, 0.2) is 11.4 Å². The molecule has 1 aliphatic heterocycles. The average Bonchev–Trinajstić information content (AvgIpc) is 3.38. The molecule has 0 spiro atoms. The van der Waals surface area contributed by atoms with E-state index in [0.29, 0.717) is 22.4 Å². The Morgan fingerprint density at radius 2 is 2.00 bits per heavy atom. The second-order valence-corrected chi connectivity index (χ2v) is 8.80. The highest BCUT2D eigenvalue weighted by atomic mass is 32.1. The molecule has 3 heterocycles. The van der Waals surface area contributed by atoms with Gasteiger partial charge in [0.2, 0.25) is 5.91 Å². The lowest BCUT2D eigenvalue weighted by Crippen LogP contribution is -2.39. The van der Waals surface area contributed by atoms with E-state index in [0.717, 1.165) is 27.7 Å². The molecule has 3 aromatic rings. The molecule has 0 fully saturated rings. The summed E-state index contributed by atoms with van der Waals surface area (Å²) in [7, 11) is 1.34. The molecule has 1 unspecified atom stereocenters. The number of nitrogens with zero attached hydrogens (tertiary/aromatic N) is 3. The number of nitrogens with one attached hydrogen (secondary N) is 1. The van der Waals surface area contributed by atoms with Gasteiger partial charge in [-0.15, -0.1) is 22.7 Å². The van der Waals surface area contributed by atoms with E-state index in [9.17, 15) is 41.9 Å². The first-order chi connectivity index (χ1) is 15.9. The van der Waals surface area contributed by atoms with Gasteiger partial charge in [-0.25, -0.2) is 18.6 Å². The molecule has 2 aromatic heterocycles. The molecule has 0 bridgehead atoms. The number of rotatable bonds is 4. The number of anilines is 2. The maximum absolute atomic E-state index is 14.4. The van der Waals surface area contributed by atoms with Crippen molar-refractivity contribution in [1.82, 2.24) is 9.88 Å². The molecule has 15 heteroatoms. The lowest BCUT2D eigenvalue weighted by molar-refractivity contribution is -0.142. The molecule has 1 aliphatic rings. The first-order valence-electron chi connectivity index (χ1n) is 9.23. The van der Waals surface area contributed by atoms with Crippen LogP contribution in [0.4, 0.5) is 36.9 Å². The molecular weight excluding hydrogens is 507 g/mol. The van der Waals surface area contributed by atoms with Crippen molar-refractivity contribution in [2.24, 2.45) is 0 Å². The van der Waals surface area contributed by atoms with Crippen LogP contribution in [0.5, 0.6) is 0 Å². The zero-order chi connectivity index (χ0) is 24.9.